The number of ether oxygens (including phenoxy) is 1. The molecule has 1 aromatic rings. The smallest absolute Gasteiger partial charge is 0.160 e. The van der Waals surface area contributed by atoms with E-state index in [1.165, 1.54) is 7.11 Å². The number of methoxy groups -OCH3 is 1. The maximum absolute atomic E-state index is 10.5. The molecule has 0 unspecified atom stereocenters. The molecule has 3 aliphatic carbocycles. The Morgan fingerprint density at radius 2 is 2.09 bits per heavy atom. The summed E-state index contributed by atoms with van der Waals surface area (Å²) in [4.78, 5) is 0. The van der Waals surface area contributed by atoms with Crippen LogP contribution in [0.3, 0.4) is 0 Å². The Morgan fingerprint density at radius 3 is 2.86 bits per heavy atom. The molecule has 0 aliphatic heterocycles. The highest BCUT2D eigenvalue weighted by atomic mass is 16.5. The van der Waals surface area contributed by atoms with Crippen LogP contribution in [0.4, 0.5) is 0 Å². The number of rotatable bonds is 1. The van der Waals surface area contributed by atoms with Crippen LogP contribution in [-0.2, 0) is 6.42 Å². The first-order chi connectivity index (χ1) is 11.4. The topological polar surface area (TPSA) is 49.7 Å². The molecule has 3 heteroatoms. The first-order valence-electron chi connectivity index (χ1n) is 9.47. The Balaban J connectivity index is 1.82. The predicted octanol–water partition coefficient (Wildman–Crippen LogP) is 3.62. The molecule has 0 saturated heterocycles. The molecule has 1 aromatic carbocycles. The molecule has 4 rings (SSSR count). The molecule has 120 valence electrons. The molecule has 22 heavy (non-hydrogen) atoms. The van der Waals surface area contributed by atoms with Gasteiger partial charge in [0.1, 0.15) is 0 Å². The van der Waals surface area contributed by atoms with Gasteiger partial charge in [0.15, 0.2) is 11.5 Å². The second kappa shape index (κ2) is 4.89. The molecule has 2 N–H and O–H groups in total. The minimum Gasteiger partial charge on any atom is -0.504 e. The molecule has 3 aliphatic rings. The molecule has 0 amide bonds. The van der Waals surface area contributed by atoms with Gasteiger partial charge in [-0.15, -0.1) is 0 Å². The number of aliphatic hydroxyl groups is 1. The molecule has 0 bridgehead atoms. The molecule has 0 heterocycles. The quantitative estimate of drug-likeness (QED) is 0.833. The summed E-state index contributed by atoms with van der Waals surface area (Å²) in [5.74, 6) is 1.15. The summed E-state index contributed by atoms with van der Waals surface area (Å²) in [6.07, 6.45) is 5.37. The molecule has 5 atom stereocenters. The summed E-state index contributed by atoms with van der Waals surface area (Å²) in [5, 5.41) is 20.7. The number of benzene rings is 1. The summed E-state index contributed by atoms with van der Waals surface area (Å²) in [7, 11) is 1.45. The van der Waals surface area contributed by atoms with Gasteiger partial charge in [-0.2, -0.15) is 0 Å². The van der Waals surface area contributed by atoms with Gasteiger partial charge in [0.25, 0.3) is 0 Å². The van der Waals surface area contributed by atoms with Crippen LogP contribution >= 0.6 is 0 Å². The van der Waals surface area contributed by atoms with Gasteiger partial charge in [-0.1, -0.05) is 6.92 Å². The first-order valence-corrected chi connectivity index (χ1v) is 8.47. The fourth-order valence-corrected chi connectivity index (χ4v) is 5.52. The summed E-state index contributed by atoms with van der Waals surface area (Å²) >= 11 is 0. The van der Waals surface area contributed by atoms with Crippen molar-refractivity contribution in [1.82, 2.24) is 0 Å². The number of aliphatic hydroxyl groups excluding tert-OH is 1. The molecule has 0 radical (unpaired) electrons. The van der Waals surface area contributed by atoms with Gasteiger partial charge < -0.3 is 14.9 Å². The fraction of sp³-hybridized carbons (Fsp3) is 0.684. The predicted molar refractivity (Wildman–Crippen MR) is 85.3 cm³/mol. The van der Waals surface area contributed by atoms with Crippen molar-refractivity contribution >= 4 is 0 Å². The number of hydrogen-bond acceptors (Lipinski definition) is 3. The van der Waals surface area contributed by atoms with E-state index >= 15 is 0 Å². The van der Waals surface area contributed by atoms with E-state index in [1.807, 2.05) is 0 Å². The van der Waals surface area contributed by atoms with E-state index in [0.717, 1.165) is 49.7 Å². The van der Waals surface area contributed by atoms with E-state index in [0.29, 0.717) is 11.8 Å². The van der Waals surface area contributed by atoms with E-state index < -0.39 is 0 Å². The third-order valence-electron chi connectivity index (χ3n) is 6.75. The largest absolute Gasteiger partial charge is 0.504 e. The van der Waals surface area contributed by atoms with E-state index in [2.05, 4.69) is 6.92 Å². The van der Waals surface area contributed by atoms with Gasteiger partial charge in [-0.05, 0) is 84.9 Å². The van der Waals surface area contributed by atoms with Crippen molar-refractivity contribution in [3.63, 3.8) is 0 Å². The van der Waals surface area contributed by atoms with Gasteiger partial charge in [0.05, 0.1) is 16.0 Å². The van der Waals surface area contributed by atoms with Crippen LogP contribution in [0.1, 0.15) is 58.8 Å². The van der Waals surface area contributed by atoms with Crippen molar-refractivity contribution < 1.29 is 17.7 Å². The highest BCUT2D eigenvalue weighted by molar-refractivity contribution is 5.49. The standard InChI is InChI=1S/C19H26O3/c1-19-8-7-12-13(15(19)5-6-18(19)21)4-3-11-9-16(20)17(22-2)10-14(11)12/h9-10,12-13,15,18,20-21H,3-8H2,1-2H3/t12-,13+,15-,18-,19-/m0/s1/i9D,10D. The Morgan fingerprint density at radius 1 is 1.27 bits per heavy atom. The number of phenolic OH excluding ortho intramolecular Hbond substituents is 1. The monoisotopic (exact) mass is 304 g/mol. The third kappa shape index (κ3) is 1.84. The Kier molecular flexibility index (Phi) is 2.72. The number of hydrogen-bond donors (Lipinski definition) is 2. The minimum atomic E-state index is -0.207. The zero-order valence-electron chi connectivity index (χ0n) is 15.4. The van der Waals surface area contributed by atoms with Crippen LogP contribution in [-0.4, -0.2) is 23.4 Å². The van der Waals surface area contributed by atoms with Gasteiger partial charge in [-0.25, -0.2) is 0 Å². The molecule has 2 fully saturated rings. The zero-order valence-corrected chi connectivity index (χ0v) is 13.4. The van der Waals surface area contributed by atoms with Crippen LogP contribution in [0.5, 0.6) is 11.5 Å². The Bertz CT molecular complexity index is 690. The lowest BCUT2D eigenvalue weighted by molar-refractivity contribution is -0.0226. The maximum atomic E-state index is 10.5. The number of phenols is 1. The molecule has 2 saturated carbocycles. The average molecular weight is 304 g/mol. The van der Waals surface area contributed by atoms with Crippen LogP contribution in [0.25, 0.3) is 0 Å². The number of aromatic hydroxyl groups is 1. The maximum Gasteiger partial charge on any atom is 0.160 e. The lowest BCUT2D eigenvalue weighted by Gasteiger charge is -2.50. The highest BCUT2D eigenvalue weighted by Gasteiger charge is 2.54. The third-order valence-corrected chi connectivity index (χ3v) is 6.75. The van der Waals surface area contributed by atoms with E-state index in [4.69, 9.17) is 7.48 Å². The zero-order chi connectivity index (χ0) is 17.2. The molecular weight excluding hydrogens is 276 g/mol. The molecule has 0 spiro atoms. The normalized spacial score (nSPS) is 41.0. The van der Waals surface area contributed by atoms with Gasteiger partial charge in [0.2, 0.25) is 0 Å². The summed E-state index contributed by atoms with van der Waals surface area (Å²) in [5.41, 5.74) is 1.77. The van der Waals surface area contributed by atoms with Crippen molar-refractivity contribution in [3.8, 4) is 11.5 Å². The van der Waals surface area contributed by atoms with Crippen LogP contribution < -0.4 is 4.74 Å². The molecule has 0 aromatic heterocycles. The van der Waals surface area contributed by atoms with Gasteiger partial charge in [0, 0.05) is 0 Å². The second-order valence-corrected chi connectivity index (χ2v) is 7.58. The van der Waals surface area contributed by atoms with Crippen LogP contribution in [0, 0.1) is 17.3 Å². The second-order valence-electron chi connectivity index (χ2n) is 7.58. The lowest BCUT2D eigenvalue weighted by Crippen LogP contribution is -2.43. The van der Waals surface area contributed by atoms with Crippen molar-refractivity contribution in [2.75, 3.05) is 7.11 Å². The highest BCUT2D eigenvalue weighted by Crippen LogP contribution is 2.61. The van der Waals surface area contributed by atoms with Crippen molar-refractivity contribution in [1.29, 1.82) is 0 Å². The van der Waals surface area contributed by atoms with Crippen molar-refractivity contribution in [2.24, 2.45) is 17.3 Å². The van der Waals surface area contributed by atoms with E-state index in [-0.39, 0.29) is 41.0 Å². The van der Waals surface area contributed by atoms with Crippen molar-refractivity contribution in [3.05, 3.63) is 23.2 Å². The summed E-state index contributed by atoms with van der Waals surface area (Å²) < 4.78 is 22.1. The first kappa shape index (κ1) is 12.2. The molecule has 3 nitrogen and oxygen atoms in total. The van der Waals surface area contributed by atoms with Crippen molar-refractivity contribution in [2.45, 2.75) is 57.5 Å². The van der Waals surface area contributed by atoms with Crippen LogP contribution in [0.15, 0.2) is 12.1 Å². The molecular formula is C19H26O3. The SMILES string of the molecule is [2H]c1c(O)c(OC)c([2H])c2c1CC[C@@H]1[C@@H]2CC[C@]2(C)[C@@H](O)CC[C@@H]12. The summed E-state index contributed by atoms with van der Waals surface area (Å²) in [6.45, 7) is 2.23. The van der Waals surface area contributed by atoms with Gasteiger partial charge in [-0.3, -0.25) is 0 Å². The Labute approximate surface area is 135 Å². The lowest BCUT2D eigenvalue weighted by atomic mass is 9.55. The fourth-order valence-electron chi connectivity index (χ4n) is 5.52. The van der Waals surface area contributed by atoms with Crippen LogP contribution in [0.2, 0.25) is 0 Å². The summed E-state index contributed by atoms with van der Waals surface area (Å²) in [6, 6.07) is 0.397. The average Bonchev–Trinajstić information content (AvgIpc) is 2.88. The minimum absolute atomic E-state index is 0.00562. The van der Waals surface area contributed by atoms with E-state index in [9.17, 15) is 10.2 Å². The van der Waals surface area contributed by atoms with Gasteiger partial charge >= 0.3 is 0 Å². The number of fused-ring (bicyclic) bond motifs is 5. The van der Waals surface area contributed by atoms with E-state index in [1.54, 1.807) is 0 Å². The Hall–Kier alpha value is -1.22.